The molecule has 136 valence electrons. The first-order valence-electron chi connectivity index (χ1n) is 8.60. The minimum Gasteiger partial charge on any atom is -0.579 e. The molecule has 2 aromatic heterocycles. The maximum atomic E-state index is 4.94. The number of nitrogens with zero attached hydrogens (tertiary/aromatic N) is 4. The Labute approximate surface area is 202 Å². The van der Waals surface area contributed by atoms with E-state index in [0.717, 1.165) is 49.2 Å². The number of ether oxygens (including phenoxy) is 2. The van der Waals surface area contributed by atoms with E-state index in [2.05, 4.69) is 20.4 Å². The molecule has 6 nitrogen and oxygen atoms in total. The molecule has 4 rings (SSSR count). The van der Waals surface area contributed by atoms with Crippen LogP contribution in [-0.2, 0) is 9.47 Å². The second-order valence-corrected chi connectivity index (χ2v) is 5.89. The zero-order valence-corrected chi connectivity index (χ0v) is 21.4. The first-order chi connectivity index (χ1) is 11.6. The van der Waals surface area contributed by atoms with Crippen molar-refractivity contribution >= 4 is 0 Å². The summed E-state index contributed by atoms with van der Waals surface area (Å²) in [4.78, 5) is 0. The molecular formula is C18H30N4Na2O2. The van der Waals surface area contributed by atoms with E-state index in [1.54, 1.807) is 0 Å². The number of rotatable bonds is 0. The average Bonchev–Trinajstić information content (AvgIpc) is 3.31. The van der Waals surface area contributed by atoms with Gasteiger partial charge in [0.2, 0.25) is 0 Å². The van der Waals surface area contributed by atoms with Crippen molar-refractivity contribution in [3.8, 4) is 0 Å². The summed E-state index contributed by atoms with van der Waals surface area (Å²) in [7, 11) is 0. The Kier molecular flexibility index (Phi) is 20.5. The van der Waals surface area contributed by atoms with E-state index in [9.17, 15) is 0 Å². The van der Waals surface area contributed by atoms with Crippen LogP contribution in [0.3, 0.4) is 0 Å². The van der Waals surface area contributed by atoms with Crippen molar-refractivity contribution in [1.82, 2.24) is 20.4 Å². The van der Waals surface area contributed by atoms with Crippen LogP contribution in [0.2, 0.25) is 0 Å². The Balaban J connectivity index is 0. The Morgan fingerprint density at radius 2 is 0.962 bits per heavy atom. The van der Waals surface area contributed by atoms with Crippen molar-refractivity contribution in [2.24, 2.45) is 0 Å². The molecule has 4 heterocycles. The van der Waals surface area contributed by atoms with E-state index in [1.807, 2.05) is 39.8 Å². The topological polar surface area (TPSA) is 72.4 Å². The third-order valence-corrected chi connectivity index (χ3v) is 3.22. The normalized spacial score (nSPS) is 14.3. The van der Waals surface area contributed by atoms with Gasteiger partial charge in [-0.2, -0.15) is 0 Å². The number of hydrogen-bond donors (Lipinski definition) is 0. The van der Waals surface area contributed by atoms with Gasteiger partial charge in [0, 0.05) is 37.8 Å². The van der Waals surface area contributed by atoms with E-state index in [0.29, 0.717) is 0 Å². The summed E-state index contributed by atoms with van der Waals surface area (Å²) in [6.45, 7) is 11.7. The third kappa shape index (κ3) is 16.5. The fourth-order valence-electron chi connectivity index (χ4n) is 2.06. The Morgan fingerprint density at radius 1 is 0.654 bits per heavy atom. The molecule has 2 aliphatic rings. The molecular weight excluding hydrogens is 350 g/mol. The number of aromatic nitrogens is 4. The van der Waals surface area contributed by atoms with Crippen molar-refractivity contribution < 1.29 is 68.6 Å². The molecule has 0 amide bonds. The zero-order valence-electron chi connectivity index (χ0n) is 17.4. The van der Waals surface area contributed by atoms with Crippen LogP contribution in [0.1, 0.15) is 48.5 Å². The first-order valence-corrected chi connectivity index (χ1v) is 8.60. The molecule has 0 aliphatic carbocycles. The minimum absolute atomic E-state index is 0. The summed E-state index contributed by atoms with van der Waals surface area (Å²) in [6, 6.07) is 3.89. The molecule has 0 bridgehead atoms. The summed E-state index contributed by atoms with van der Waals surface area (Å²) in [5, 5.41) is 15.1. The van der Waals surface area contributed by atoms with Gasteiger partial charge in [0.05, 0.1) is 0 Å². The van der Waals surface area contributed by atoms with Crippen LogP contribution in [0.5, 0.6) is 0 Å². The van der Waals surface area contributed by atoms with Gasteiger partial charge in [-0.15, -0.1) is 11.4 Å². The second kappa shape index (κ2) is 18.7. The molecule has 0 atom stereocenters. The van der Waals surface area contributed by atoms with Crippen molar-refractivity contribution in [2.75, 3.05) is 26.4 Å². The molecule has 0 radical (unpaired) electrons. The molecule has 2 aromatic rings. The summed E-state index contributed by atoms with van der Waals surface area (Å²) in [5.74, 6) is 0. The van der Waals surface area contributed by atoms with Gasteiger partial charge in [0.25, 0.3) is 0 Å². The Morgan fingerprint density at radius 3 is 1.04 bits per heavy atom. The van der Waals surface area contributed by atoms with Crippen LogP contribution >= 0.6 is 0 Å². The molecule has 2 aliphatic heterocycles. The van der Waals surface area contributed by atoms with Gasteiger partial charge in [-0.05, 0) is 39.5 Å². The number of hydrogen-bond acceptors (Lipinski definition) is 4. The molecule has 0 unspecified atom stereocenters. The summed E-state index contributed by atoms with van der Waals surface area (Å²) < 4.78 is 9.89. The smallest absolute Gasteiger partial charge is 0.579 e. The third-order valence-electron chi connectivity index (χ3n) is 3.22. The zero-order chi connectivity index (χ0) is 17.6. The maximum absolute atomic E-state index is 4.94. The molecule has 0 N–H and O–H groups in total. The number of aryl methyl sites for hydroxylation is 4. The van der Waals surface area contributed by atoms with Gasteiger partial charge in [0.15, 0.2) is 0 Å². The summed E-state index contributed by atoms with van der Waals surface area (Å²) >= 11 is 0. The van der Waals surface area contributed by atoms with Crippen molar-refractivity contribution in [3.05, 3.63) is 34.9 Å². The standard InChI is InChI=1S/2C5H7N2.2C4H8O.2Na/c2*1-4-3-5(2)7-6-4;2*1-2-4-5-3-1;;/h2*3H,1-2H3;2*1-4H2;;/q2*-1;;;2*+1. The van der Waals surface area contributed by atoms with E-state index in [-0.39, 0.29) is 59.1 Å². The molecule has 2 saturated heterocycles. The molecule has 0 aromatic carbocycles. The summed E-state index contributed by atoms with van der Waals surface area (Å²) in [6.07, 6.45) is 5.11. The molecule has 0 spiro atoms. The molecule has 2 fully saturated rings. The van der Waals surface area contributed by atoms with Gasteiger partial charge in [-0.1, -0.05) is 26.0 Å². The second-order valence-electron chi connectivity index (χ2n) is 5.89. The fourth-order valence-corrected chi connectivity index (χ4v) is 2.06. The van der Waals surface area contributed by atoms with E-state index >= 15 is 0 Å². The Hall–Kier alpha value is 0.340. The van der Waals surface area contributed by atoms with E-state index < -0.39 is 0 Å². The van der Waals surface area contributed by atoms with Gasteiger partial charge in [0.1, 0.15) is 0 Å². The van der Waals surface area contributed by atoms with Crippen molar-refractivity contribution in [1.29, 1.82) is 0 Å². The van der Waals surface area contributed by atoms with E-state index in [1.165, 1.54) is 25.7 Å². The van der Waals surface area contributed by atoms with Crippen LogP contribution < -0.4 is 69.3 Å². The monoisotopic (exact) mass is 380 g/mol. The maximum Gasteiger partial charge on any atom is 1.00 e. The van der Waals surface area contributed by atoms with Crippen LogP contribution in [0.4, 0.5) is 0 Å². The molecule has 8 heteroatoms. The Bertz CT molecular complexity index is 442. The van der Waals surface area contributed by atoms with Crippen LogP contribution in [0.15, 0.2) is 12.1 Å². The van der Waals surface area contributed by atoms with Crippen LogP contribution in [-0.4, -0.2) is 36.6 Å². The van der Waals surface area contributed by atoms with Gasteiger partial charge >= 0.3 is 59.1 Å². The molecule has 26 heavy (non-hydrogen) atoms. The minimum atomic E-state index is 0. The quantitative estimate of drug-likeness (QED) is 0.451. The SMILES string of the molecule is C1CCOC1.C1CCOC1.Cc1cc(C)[n-]n1.Cc1cc(C)[n-]n1.[Na+].[Na+]. The van der Waals surface area contributed by atoms with Crippen molar-refractivity contribution in [3.63, 3.8) is 0 Å². The van der Waals surface area contributed by atoms with Gasteiger partial charge < -0.3 is 29.9 Å². The van der Waals surface area contributed by atoms with Crippen LogP contribution in [0, 0.1) is 27.7 Å². The summed E-state index contributed by atoms with van der Waals surface area (Å²) in [5.41, 5.74) is 3.99. The van der Waals surface area contributed by atoms with Crippen molar-refractivity contribution in [2.45, 2.75) is 53.4 Å². The van der Waals surface area contributed by atoms with E-state index in [4.69, 9.17) is 9.47 Å². The van der Waals surface area contributed by atoms with Crippen LogP contribution in [0.25, 0.3) is 0 Å². The first kappa shape index (κ1) is 28.5. The average molecular weight is 380 g/mol. The largest absolute Gasteiger partial charge is 1.00 e. The fraction of sp³-hybridized carbons (Fsp3) is 0.667. The molecule has 0 saturated carbocycles. The predicted octanol–water partition coefficient (Wildman–Crippen LogP) is -3.09. The van der Waals surface area contributed by atoms with Gasteiger partial charge in [-0.3, -0.25) is 0 Å². The van der Waals surface area contributed by atoms with Gasteiger partial charge in [-0.25, -0.2) is 0 Å². The predicted molar refractivity (Wildman–Crippen MR) is 94.2 cm³/mol.